The SMILES string of the molecule is COc1ccc2c(c1)C=C[C@@H]1[C@H]3C(=O)N(c4cc(Cl)ccc4OC)C(=O)[C@H]3[C@@H](C(C)=O)N21. The monoisotopic (exact) mass is 452 g/mol. The summed E-state index contributed by atoms with van der Waals surface area (Å²) in [7, 11) is 3.06. The number of Topliss-reactive ketones (excluding diaryl/α,β-unsaturated/α-hetero) is 1. The Bertz CT molecular complexity index is 1190. The predicted octanol–water partition coefficient (Wildman–Crippen LogP) is 3.34. The van der Waals surface area contributed by atoms with Gasteiger partial charge in [0.15, 0.2) is 5.78 Å². The van der Waals surface area contributed by atoms with Crippen molar-refractivity contribution in [1.82, 2.24) is 0 Å². The molecule has 2 fully saturated rings. The molecule has 0 aliphatic carbocycles. The molecule has 2 amide bonds. The highest BCUT2D eigenvalue weighted by atomic mass is 35.5. The predicted molar refractivity (Wildman–Crippen MR) is 120 cm³/mol. The average molecular weight is 453 g/mol. The van der Waals surface area contributed by atoms with Crippen LogP contribution >= 0.6 is 11.6 Å². The Morgan fingerprint density at radius 3 is 2.41 bits per heavy atom. The molecular weight excluding hydrogens is 432 g/mol. The molecule has 0 unspecified atom stereocenters. The quantitative estimate of drug-likeness (QED) is 0.662. The van der Waals surface area contributed by atoms with Crippen LogP contribution in [0.4, 0.5) is 11.4 Å². The minimum atomic E-state index is -0.800. The maximum atomic E-state index is 13.6. The van der Waals surface area contributed by atoms with E-state index in [9.17, 15) is 14.4 Å². The van der Waals surface area contributed by atoms with Crippen molar-refractivity contribution in [3.8, 4) is 11.5 Å². The third-order valence-electron chi connectivity index (χ3n) is 6.51. The fourth-order valence-corrected chi connectivity index (χ4v) is 5.38. The smallest absolute Gasteiger partial charge is 0.240 e. The number of carbonyl (C=O) groups is 3. The first kappa shape index (κ1) is 20.6. The summed E-state index contributed by atoms with van der Waals surface area (Å²) < 4.78 is 10.7. The molecule has 3 heterocycles. The Labute approximate surface area is 190 Å². The van der Waals surface area contributed by atoms with E-state index < -0.39 is 29.8 Å². The van der Waals surface area contributed by atoms with E-state index in [-0.39, 0.29) is 11.7 Å². The summed E-state index contributed by atoms with van der Waals surface area (Å²) >= 11 is 6.15. The van der Waals surface area contributed by atoms with Gasteiger partial charge in [0.2, 0.25) is 11.8 Å². The van der Waals surface area contributed by atoms with Crippen molar-refractivity contribution in [2.24, 2.45) is 11.8 Å². The molecule has 0 radical (unpaired) electrons. The third kappa shape index (κ3) is 2.77. The number of rotatable bonds is 4. The van der Waals surface area contributed by atoms with Gasteiger partial charge in [-0.15, -0.1) is 0 Å². The van der Waals surface area contributed by atoms with E-state index in [1.165, 1.54) is 20.1 Å². The highest BCUT2D eigenvalue weighted by molar-refractivity contribution is 6.32. The van der Waals surface area contributed by atoms with E-state index in [4.69, 9.17) is 21.1 Å². The fourth-order valence-electron chi connectivity index (χ4n) is 5.21. The van der Waals surface area contributed by atoms with Gasteiger partial charge in [-0.3, -0.25) is 14.4 Å². The lowest BCUT2D eigenvalue weighted by atomic mass is 9.88. The van der Waals surface area contributed by atoms with Crippen LogP contribution in [-0.2, 0) is 14.4 Å². The number of fused-ring (bicyclic) bond motifs is 5. The molecule has 2 aromatic rings. The Kier molecular flexibility index (Phi) is 4.74. The van der Waals surface area contributed by atoms with Crippen LogP contribution in [0.5, 0.6) is 11.5 Å². The molecule has 164 valence electrons. The summed E-state index contributed by atoms with van der Waals surface area (Å²) in [5.74, 6) is -1.38. The fraction of sp³-hybridized carbons (Fsp3) is 0.292. The second kappa shape index (κ2) is 7.38. The molecule has 8 heteroatoms. The van der Waals surface area contributed by atoms with Crippen LogP contribution in [0.3, 0.4) is 0 Å². The van der Waals surface area contributed by atoms with E-state index >= 15 is 0 Å². The van der Waals surface area contributed by atoms with Crippen LogP contribution in [0, 0.1) is 11.8 Å². The van der Waals surface area contributed by atoms with Crippen LogP contribution in [0.2, 0.25) is 5.02 Å². The van der Waals surface area contributed by atoms with Crippen LogP contribution in [0.25, 0.3) is 6.08 Å². The third-order valence-corrected chi connectivity index (χ3v) is 6.75. The van der Waals surface area contributed by atoms with E-state index in [0.717, 1.165) is 16.2 Å². The molecule has 0 N–H and O–H groups in total. The van der Waals surface area contributed by atoms with Crippen molar-refractivity contribution in [2.45, 2.75) is 19.0 Å². The van der Waals surface area contributed by atoms with E-state index in [0.29, 0.717) is 22.2 Å². The number of ketones is 1. The summed E-state index contributed by atoms with van der Waals surface area (Å²) in [5.41, 5.74) is 1.98. The summed E-state index contributed by atoms with van der Waals surface area (Å²) in [6.07, 6.45) is 3.81. The largest absolute Gasteiger partial charge is 0.497 e. The first-order valence-corrected chi connectivity index (χ1v) is 10.6. The summed E-state index contributed by atoms with van der Waals surface area (Å²) in [5, 5.41) is 0.378. The molecule has 0 bridgehead atoms. The van der Waals surface area contributed by atoms with Crippen molar-refractivity contribution in [2.75, 3.05) is 24.0 Å². The summed E-state index contributed by atoms with van der Waals surface area (Å²) in [6.45, 7) is 1.46. The van der Waals surface area contributed by atoms with Gasteiger partial charge in [0.1, 0.15) is 17.5 Å². The minimum Gasteiger partial charge on any atom is -0.497 e. The lowest BCUT2D eigenvalue weighted by Gasteiger charge is -2.36. The number of ether oxygens (including phenoxy) is 2. The van der Waals surface area contributed by atoms with Crippen molar-refractivity contribution in [3.63, 3.8) is 0 Å². The van der Waals surface area contributed by atoms with Crippen molar-refractivity contribution in [1.29, 1.82) is 0 Å². The second-order valence-corrected chi connectivity index (χ2v) is 8.55. The van der Waals surface area contributed by atoms with Crippen LogP contribution in [0.15, 0.2) is 42.5 Å². The number of amides is 2. The zero-order chi connectivity index (χ0) is 22.7. The Morgan fingerprint density at radius 1 is 0.969 bits per heavy atom. The van der Waals surface area contributed by atoms with Crippen molar-refractivity contribution >= 4 is 46.6 Å². The molecule has 32 heavy (non-hydrogen) atoms. The zero-order valence-electron chi connectivity index (χ0n) is 17.7. The Hall–Kier alpha value is -3.32. The Balaban J connectivity index is 1.62. The van der Waals surface area contributed by atoms with Gasteiger partial charge < -0.3 is 14.4 Å². The van der Waals surface area contributed by atoms with Gasteiger partial charge in [-0.1, -0.05) is 23.8 Å². The molecule has 2 saturated heterocycles. The van der Waals surface area contributed by atoms with E-state index in [1.807, 2.05) is 35.3 Å². The molecular formula is C24H21ClN2O5. The molecule has 4 atom stereocenters. The maximum Gasteiger partial charge on any atom is 0.240 e. The molecule has 0 aromatic heterocycles. The maximum absolute atomic E-state index is 13.6. The van der Waals surface area contributed by atoms with Crippen molar-refractivity contribution < 1.29 is 23.9 Å². The number of anilines is 2. The number of halogens is 1. The number of hydrogen-bond acceptors (Lipinski definition) is 6. The van der Waals surface area contributed by atoms with Crippen LogP contribution in [0.1, 0.15) is 12.5 Å². The van der Waals surface area contributed by atoms with Crippen LogP contribution in [-0.4, -0.2) is 43.9 Å². The van der Waals surface area contributed by atoms with Crippen molar-refractivity contribution in [3.05, 3.63) is 53.1 Å². The molecule has 3 aliphatic heterocycles. The van der Waals surface area contributed by atoms with Crippen LogP contribution < -0.4 is 19.3 Å². The highest BCUT2D eigenvalue weighted by Crippen LogP contribution is 2.50. The van der Waals surface area contributed by atoms with Gasteiger partial charge in [0.25, 0.3) is 0 Å². The van der Waals surface area contributed by atoms with E-state index in [1.54, 1.807) is 19.2 Å². The Morgan fingerprint density at radius 2 is 1.72 bits per heavy atom. The number of methoxy groups -OCH3 is 2. The molecule has 5 rings (SSSR count). The van der Waals surface area contributed by atoms with E-state index in [2.05, 4.69) is 0 Å². The average Bonchev–Trinajstić information content (AvgIpc) is 3.26. The molecule has 2 aromatic carbocycles. The van der Waals surface area contributed by atoms with Gasteiger partial charge in [0, 0.05) is 16.3 Å². The minimum absolute atomic E-state index is 0.166. The lowest BCUT2D eigenvalue weighted by molar-refractivity contribution is -0.126. The normalized spacial score (nSPS) is 25.5. The van der Waals surface area contributed by atoms with Gasteiger partial charge in [-0.05, 0) is 43.3 Å². The number of hydrogen-bond donors (Lipinski definition) is 0. The molecule has 7 nitrogen and oxygen atoms in total. The number of benzene rings is 2. The number of nitrogens with zero attached hydrogens (tertiary/aromatic N) is 2. The lowest BCUT2D eigenvalue weighted by Crippen LogP contribution is -2.48. The van der Waals surface area contributed by atoms with Gasteiger partial charge in [-0.2, -0.15) is 0 Å². The second-order valence-electron chi connectivity index (χ2n) is 8.12. The first-order valence-electron chi connectivity index (χ1n) is 10.2. The highest BCUT2D eigenvalue weighted by Gasteiger charge is 2.64. The number of imide groups is 1. The zero-order valence-corrected chi connectivity index (χ0v) is 18.5. The van der Waals surface area contributed by atoms with Gasteiger partial charge in [-0.25, -0.2) is 4.90 Å². The van der Waals surface area contributed by atoms with Gasteiger partial charge in [0.05, 0.1) is 37.8 Å². The number of carbonyl (C=O) groups excluding carboxylic acids is 3. The molecule has 0 saturated carbocycles. The topological polar surface area (TPSA) is 76.1 Å². The summed E-state index contributed by atoms with van der Waals surface area (Å²) in [4.78, 5) is 43.1. The molecule has 3 aliphatic rings. The molecule has 0 spiro atoms. The summed E-state index contributed by atoms with van der Waals surface area (Å²) in [6, 6.07) is 9.17. The van der Waals surface area contributed by atoms with Gasteiger partial charge >= 0.3 is 0 Å². The standard InChI is InChI=1S/C24H21ClN2O5/c1-12(28)22-21-20(17-7-4-13-10-15(31-2)6-8-16(13)26(17)22)23(29)27(24(21)30)18-11-14(25)5-9-19(18)32-3/h4-11,17,20-22H,1-3H3/t17-,20-,21-,22-/m1/s1. The first-order chi connectivity index (χ1) is 15.4.